The number of imidazole rings is 1. The van der Waals surface area contributed by atoms with Crippen molar-refractivity contribution < 1.29 is 38.2 Å². The van der Waals surface area contributed by atoms with E-state index in [0.29, 0.717) is 21.7 Å². The van der Waals surface area contributed by atoms with Gasteiger partial charge in [-0.25, -0.2) is 19.4 Å². The number of H-pyrrole nitrogens is 1. The number of methoxy groups -OCH3 is 1. The molecule has 3 unspecified atom stereocenters. The van der Waals surface area contributed by atoms with Gasteiger partial charge in [0, 0.05) is 24.1 Å². The summed E-state index contributed by atoms with van der Waals surface area (Å²) in [4.78, 5) is 73.7. The number of thiol groups is 1. The van der Waals surface area contributed by atoms with E-state index in [9.17, 15) is 24.0 Å². The Morgan fingerprint density at radius 1 is 0.848 bits per heavy atom. The largest absolute Gasteiger partial charge is 0.467 e. The number of rotatable bonds is 15. The monoisotopic (exact) mass is 653 g/mol. The van der Waals surface area contributed by atoms with Gasteiger partial charge in [0.1, 0.15) is 31.3 Å². The number of nitrogens with one attached hydrogen (secondary N) is 3. The summed E-state index contributed by atoms with van der Waals surface area (Å²) in [5.74, 6) is -2.52. The normalized spacial score (nSPS) is 12.7. The van der Waals surface area contributed by atoms with Crippen LogP contribution in [0.3, 0.4) is 0 Å². The summed E-state index contributed by atoms with van der Waals surface area (Å²) in [6.45, 7) is 3.40. The van der Waals surface area contributed by atoms with E-state index in [-0.39, 0.29) is 37.7 Å². The third-order valence-electron chi connectivity index (χ3n) is 6.71. The molecule has 0 aliphatic rings. The van der Waals surface area contributed by atoms with Gasteiger partial charge in [0.2, 0.25) is 11.8 Å². The second-order valence-electron chi connectivity index (χ2n) is 10.7. The first-order chi connectivity index (χ1) is 22.1. The van der Waals surface area contributed by atoms with E-state index in [0.717, 1.165) is 0 Å². The maximum Gasteiger partial charge on any atom is 0.420 e. The number of hydrogen-bond donors (Lipinski definition) is 4. The van der Waals surface area contributed by atoms with Crippen molar-refractivity contribution in [3.05, 3.63) is 90.0 Å². The molecular formula is C32H39N5O8S. The van der Waals surface area contributed by atoms with E-state index in [1.807, 2.05) is 13.8 Å². The fourth-order valence-electron chi connectivity index (χ4n) is 4.38. The quantitative estimate of drug-likeness (QED) is 0.109. The Bertz CT molecular complexity index is 1370. The highest BCUT2D eigenvalue weighted by Gasteiger charge is 2.39. The fraction of sp³-hybridized carbons (Fsp3) is 0.375. The highest BCUT2D eigenvalue weighted by atomic mass is 32.1. The van der Waals surface area contributed by atoms with Gasteiger partial charge in [0.15, 0.2) is 0 Å². The number of aromatic nitrogens is 2. The molecule has 46 heavy (non-hydrogen) atoms. The lowest BCUT2D eigenvalue weighted by Gasteiger charge is -2.29. The molecule has 0 fully saturated rings. The molecule has 13 nitrogen and oxygen atoms in total. The zero-order valence-corrected chi connectivity index (χ0v) is 26.8. The first kappa shape index (κ1) is 35.6. The smallest absolute Gasteiger partial charge is 0.420 e. The van der Waals surface area contributed by atoms with Crippen molar-refractivity contribution >= 4 is 42.6 Å². The van der Waals surface area contributed by atoms with Gasteiger partial charge >= 0.3 is 18.2 Å². The highest BCUT2D eigenvalue weighted by Crippen LogP contribution is 2.14. The van der Waals surface area contributed by atoms with Gasteiger partial charge in [0.05, 0.1) is 13.4 Å². The molecule has 0 radical (unpaired) electrons. The van der Waals surface area contributed by atoms with Gasteiger partial charge in [-0.2, -0.15) is 17.5 Å². The van der Waals surface area contributed by atoms with E-state index in [2.05, 4.69) is 33.2 Å². The molecule has 0 saturated heterocycles. The van der Waals surface area contributed by atoms with Crippen LogP contribution in [0, 0.1) is 5.92 Å². The summed E-state index contributed by atoms with van der Waals surface area (Å²) < 4.78 is 15.6. The summed E-state index contributed by atoms with van der Waals surface area (Å²) >= 11 is 4.26. The number of hydrogen-bond acceptors (Lipinski definition) is 10. The summed E-state index contributed by atoms with van der Waals surface area (Å²) in [6.07, 6.45) is 0.830. The minimum Gasteiger partial charge on any atom is -0.467 e. The third-order valence-corrected chi connectivity index (χ3v) is 7.06. The Hall–Kier alpha value is -4.85. The third kappa shape index (κ3) is 10.9. The van der Waals surface area contributed by atoms with Crippen LogP contribution in [0.1, 0.15) is 37.1 Å². The van der Waals surface area contributed by atoms with Crippen molar-refractivity contribution in [1.29, 1.82) is 0 Å². The first-order valence-corrected chi connectivity index (χ1v) is 15.2. The first-order valence-electron chi connectivity index (χ1n) is 14.6. The molecule has 3 N–H and O–H groups in total. The Balaban J connectivity index is 1.85. The number of ether oxygens (including phenoxy) is 3. The zero-order valence-electron chi connectivity index (χ0n) is 25.9. The Morgan fingerprint density at radius 2 is 1.39 bits per heavy atom. The molecule has 3 atom stereocenters. The highest BCUT2D eigenvalue weighted by molar-refractivity contribution is 7.80. The van der Waals surface area contributed by atoms with Crippen LogP contribution in [0.5, 0.6) is 0 Å². The number of carbonyl (C=O) groups is 5. The molecule has 2 aromatic carbocycles. The SMILES string of the molecule is COC(=O)C(CC(C)C)NC(=O)C(Cc1cnc[nH]1)NC(=O)C(CS)N(C(=O)OCc1ccccc1)C(=O)OCc1ccccc1. The molecule has 3 rings (SSSR count). The second kappa shape index (κ2) is 18.2. The molecular weight excluding hydrogens is 614 g/mol. The van der Waals surface area contributed by atoms with Crippen LogP contribution in [-0.2, 0) is 48.2 Å². The summed E-state index contributed by atoms with van der Waals surface area (Å²) in [5.41, 5.74) is 1.80. The summed E-state index contributed by atoms with van der Waals surface area (Å²) in [6, 6.07) is 13.8. The second-order valence-corrected chi connectivity index (χ2v) is 11.1. The Morgan fingerprint density at radius 3 is 1.85 bits per heavy atom. The van der Waals surface area contributed by atoms with Gasteiger partial charge in [0.25, 0.3) is 0 Å². The van der Waals surface area contributed by atoms with Crippen molar-refractivity contribution in [2.24, 2.45) is 5.92 Å². The predicted octanol–water partition coefficient (Wildman–Crippen LogP) is 3.41. The minimum absolute atomic E-state index is 0.0379. The van der Waals surface area contributed by atoms with Crippen molar-refractivity contribution in [1.82, 2.24) is 25.5 Å². The van der Waals surface area contributed by atoms with E-state index in [4.69, 9.17) is 14.2 Å². The molecule has 0 bridgehead atoms. The van der Waals surface area contributed by atoms with Crippen LogP contribution in [-0.4, -0.2) is 75.8 Å². The maximum absolute atomic E-state index is 13.8. The number of carbonyl (C=O) groups excluding carboxylic acids is 5. The number of esters is 1. The number of aromatic amines is 1. The van der Waals surface area contributed by atoms with E-state index >= 15 is 0 Å². The van der Waals surface area contributed by atoms with Gasteiger partial charge in [-0.3, -0.25) is 9.59 Å². The van der Waals surface area contributed by atoms with E-state index < -0.39 is 48.1 Å². The van der Waals surface area contributed by atoms with Crippen molar-refractivity contribution in [3.63, 3.8) is 0 Å². The minimum atomic E-state index is -1.54. The molecule has 0 aliphatic carbocycles. The van der Waals surface area contributed by atoms with Gasteiger partial charge in [-0.05, 0) is 23.5 Å². The fourth-order valence-corrected chi connectivity index (χ4v) is 4.71. The average molecular weight is 654 g/mol. The molecule has 0 spiro atoms. The molecule has 1 heterocycles. The van der Waals surface area contributed by atoms with E-state index in [1.54, 1.807) is 60.7 Å². The number of imide groups is 1. The molecule has 0 aliphatic heterocycles. The summed E-state index contributed by atoms with van der Waals surface area (Å²) in [5, 5.41) is 5.25. The molecule has 3 aromatic rings. The molecule has 0 saturated carbocycles. The molecule has 1 aromatic heterocycles. The predicted molar refractivity (Wildman–Crippen MR) is 170 cm³/mol. The number of nitrogens with zero attached hydrogens (tertiary/aromatic N) is 2. The van der Waals surface area contributed by atoms with Crippen molar-refractivity contribution in [3.8, 4) is 0 Å². The Kier molecular flexibility index (Phi) is 14.1. The average Bonchev–Trinajstić information content (AvgIpc) is 3.57. The van der Waals surface area contributed by atoms with Crippen LogP contribution in [0.25, 0.3) is 0 Å². The Labute approximate surface area is 272 Å². The van der Waals surface area contributed by atoms with Crippen molar-refractivity contribution in [2.75, 3.05) is 12.9 Å². The van der Waals surface area contributed by atoms with Crippen LogP contribution in [0.2, 0.25) is 0 Å². The van der Waals surface area contributed by atoms with Crippen LogP contribution in [0.4, 0.5) is 9.59 Å². The van der Waals surface area contributed by atoms with Gasteiger partial charge < -0.3 is 29.8 Å². The van der Waals surface area contributed by atoms with Gasteiger partial charge in [-0.15, -0.1) is 0 Å². The van der Waals surface area contributed by atoms with Crippen LogP contribution in [0.15, 0.2) is 73.2 Å². The van der Waals surface area contributed by atoms with Gasteiger partial charge in [-0.1, -0.05) is 74.5 Å². The zero-order chi connectivity index (χ0) is 33.5. The number of benzene rings is 2. The van der Waals surface area contributed by atoms with E-state index in [1.165, 1.54) is 19.6 Å². The lowest BCUT2D eigenvalue weighted by atomic mass is 10.0. The molecule has 4 amide bonds. The topological polar surface area (TPSA) is 169 Å². The number of amides is 4. The van der Waals surface area contributed by atoms with Crippen LogP contribution >= 0.6 is 12.6 Å². The van der Waals surface area contributed by atoms with Crippen LogP contribution < -0.4 is 10.6 Å². The summed E-state index contributed by atoms with van der Waals surface area (Å²) in [7, 11) is 1.21. The lowest BCUT2D eigenvalue weighted by Crippen LogP contribution is -2.59. The van der Waals surface area contributed by atoms with Crippen molar-refractivity contribution in [2.45, 2.75) is 58.0 Å². The maximum atomic E-state index is 13.8. The molecule has 246 valence electrons. The lowest BCUT2D eigenvalue weighted by molar-refractivity contribution is -0.145. The molecule has 14 heteroatoms. The standard InChI is InChI=1S/C32H39N5O8S/c1-21(2)14-26(30(40)43-3)36-28(38)25(15-24-16-33-20-34-24)35-29(39)27(19-46)37(31(41)44-17-22-10-6-4-7-11-22)32(42)45-18-23-12-8-5-9-13-23/h4-13,16,20-21,25-27,46H,14-15,17-19H2,1-3H3,(H,33,34)(H,35,39)(H,36,38).